The summed E-state index contributed by atoms with van der Waals surface area (Å²) >= 11 is 3.31. The first-order valence-corrected chi connectivity index (χ1v) is 7.52. The number of hydrogen-bond donors (Lipinski definition) is 2. The second-order valence-electron chi connectivity index (χ2n) is 4.95. The summed E-state index contributed by atoms with van der Waals surface area (Å²) in [5.74, 6) is -0.590. The molecule has 2 aromatic rings. The molecule has 0 bridgehead atoms. The van der Waals surface area contributed by atoms with Crippen molar-refractivity contribution < 1.29 is 9.18 Å². The molecule has 5 heteroatoms. The van der Waals surface area contributed by atoms with E-state index in [2.05, 4.69) is 26.6 Å². The van der Waals surface area contributed by atoms with Crippen molar-refractivity contribution in [1.29, 1.82) is 0 Å². The monoisotopic (exact) mass is 348 g/mol. The molecule has 1 aliphatic rings. The number of rotatable bonds is 2. The standard InChI is InChI=1S/C16H14BrFN2O/c17-14-5-4-11(18)8-15(14)20-16(21)13-3-1-2-10-9-19-7-6-12(10)13/h1-5,8,19H,6-7,9H2,(H,20,21). The average molecular weight is 349 g/mol. The molecule has 0 saturated heterocycles. The average Bonchev–Trinajstić information content (AvgIpc) is 2.50. The van der Waals surface area contributed by atoms with Crippen LogP contribution >= 0.6 is 15.9 Å². The zero-order valence-electron chi connectivity index (χ0n) is 11.2. The molecule has 1 aliphatic heterocycles. The third kappa shape index (κ3) is 2.99. The smallest absolute Gasteiger partial charge is 0.255 e. The lowest BCUT2D eigenvalue weighted by molar-refractivity contribution is 0.102. The number of carbonyl (C=O) groups is 1. The van der Waals surface area contributed by atoms with Crippen LogP contribution < -0.4 is 10.6 Å². The van der Waals surface area contributed by atoms with Gasteiger partial charge in [0.05, 0.1) is 5.69 Å². The molecule has 2 N–H and O–H groups in total. The van der Waals surface area contributed by atoms with Gasteiger partial charge in [-0.15, -0.1) is 0 Å². The summed E-state index contributed by atoms with van der Waals surface area (Å²) in [6.07, 6.45) is 0.823. The Labute approximate surface area is 130 Å². The van der Waals surface area contributed by atoms with Crippen LogP contribution in [0.4, 0.5) is 10.1 Å². The van der Waals surface area contributed by atoms with Crippen molar-refractivity contribution in [2.75, 3.05) is 11.9 Å². The lowest BCUT2D eigenvalue weighted by Crippen LogP contribution is -2.26. The normalized spacial score (nSPS) is 13.6. The molecule has 0 aromatic heterocycles. The van der Waals surface area contributed by atoms with E-state index in [4.69, 9.17) is 0 Å². The minimum atomic E-state index is -0.382. The van der Waals surface area contributed by atoms with Crippen LogP contribution in [0.15, 0.2) is 40.9 Å². The first-order chi connectivity index (χ1) is 10.1. The van der Waals surface area contributed by atoms with E-state index in [0.29, 0.717) is 15.7 Å². The van der Waals surface area contributed by atoms with Gasteiger partial charge in [-0.2, -0.15) is 0 Å². The number of halogens is 2. The number of fused-ring (bicyclic) bond motifs is 1. The summed E-state index contributed by atoms with van der Waals surface area (Å²) < 4.78 is 13.9. The quantitative estimate of drug-likeness (QED) is 0.872. The summed E-state index contributed by atoms with van der Waals surface area (Å²) in [7, 11) is 0. The summed E-state index contributed by atoms with van der Waals surface area (Å²) in [6, 6.07) is 9.94. The van der Waals surface area contributed by atoms with E-state index in [9.17, 15) is 9.18 Å². The molecule has 108 valence electrons. The maximum absolute atomic E-state index is 13.3. The van der Waals surface area contributed by atoms with Crippen molar-refractivity contribution in [3.8, 4) is 0 Å². The molecule has 0 aliphatic carbocycles. The van der Waals surface area contributed by atoms with Crippen molar-refractivity contribution in [3.05, 3.63) is 63.4 Å². The summed E-state index contributed by atoms with van der Waals surface area (Å²) in [5, 5.41) is 6.06. The molecule has 0 unspecified atom stereocenters. The first-order valence-electron chi connectivity index (χ1n) is 6.73. The highest BCUT2D eigenvalue weighted by Crippen LogP contribution is 2.25. The van der Waals surface area contributed by atoms with Crippen LogP contribution in [0.5, 0.6) is 0 Å². The van der Waals surface area contributed by atoms with Gasteiger partial charge in [0.2, 0.25) is 0 Å². The maximum Gasteiger partial charge on any atom is 0.255 e. The van der Waals surface area contributed by atoms with Gasteiger partial charge < -0.3 is 10.6 Å². The minimum Gasteiger partial charge on any atom is -0.321 e. The largest absolute Gasteiger partial charge is 0.321 e. The molecule has 0 atom stereocenters. The Morgan fingerprint density at radius 3 is 3.00 bits per heavy atom. The van der Waals surface area contributed by atoms with Crippen LogP contribution in [0.2, 0.25) is 0 Å². The molecule has 21 heavy (non-hydrogen) atoms. The fourth-order valence-corrected chi connectivity index (χ4v) is 2.87. The van der Waals surface area contributed by atoms with Crippen molar-refractivity contribution in [2.24, 2.45) is 0 Å². The van der Waals surface area contributed by atoms with E-state index in [1.165, 1.54) is 12.1 Å². The topological polar surface area (TPSA) is 41.1 Å². The van der Waals surface area contributed by atoms with E-state index in [1.54, 1.807) is 6.07 Å². The number of anilines is 1. The van der Waals surface area contributed by atoms with Crippen molar-refractivity contribution in [3.63, 3.8) is 0 Å². The van der Waals surface area contributed by atoms with Gasteiger partial charge in [0.25, 0.3) is 5.91 Å². The molecular formula is C16H14BrFN2O. The Balaban J connectivity index is 1.91. The predicted molar refractivity (Wildman–Crippen MR) is 83.9 cm³/mol. The van der Waals surface area contributed by atoms with E-state index in [1.807, 2.05) is 18.2 Å². The molecule has 1 heterocycles. The molecule has 0 spiro atoms. The highest BCUT2D eigenvalue weighted by molar-refractivity contribution is 9.10. The summed E-state index contributed by atoms with van der Waals surface area (Å²) in [4.78, 5) is 12.5. The molecule has 1 amide bonds. The fraction of sp³-hybridized carbons (Fsp3) is 0.188. The Bertz CT molecular complexity index is 703. The number of benzene rings is 2. The Morgan fingerprint density at radius 1 is 1.29 bits per heavy atom. The second kappa shape index (κ2) is 5.95. The van der Waals surface area contributed by atoms with Crippen LogP contribution in [-0.4, -0.2) is 12.5 Å². The van der Waals surface area contributed by atoms with Gasteiger partial charge in [0.1, 0.15) is 5.82 Å². The van der Waals surface area contributed by atoms with Gasteiger partial charge in [0, 0.05) is 16.6 Å². The zero-order chi connectivity index (χ0) is 14.8. The van der Waals surface area contributed by atoms with Gasteiger partial charge in [-0.25, -0.2) is 4.39 Å². The van der Waals surface area contributed by atoms with Gasteiger partial charge in [0.15, 0.2) is 0 Å². The number of nitrogens with one attached hydrogen (secondary N) is 2. The van der Waals surface area contributed by atoms with E-state index in [-0.39, 0.29) is 11.7 Å². The molecular weight excluding hydrogens is 335 g/mol. The first kappa shape index (κ1) is 14.2. The number of hydrogen-bond acceptors (Lipinski definition) is 2. The second-order valence-corrected chi connectivity index (χ2v) is 5.80. The maximum atomic E-state index is 13.3. The fourth-order valence-electron chi connectivity index (χ4n) is 2.53. The van der Waals surface area contributed by atoms with Gasteiger partial charge >= 0.3 is 0 Å². The molecule has 0 fully saturated rings. The molecule has 3 rings (SSSR count). The van der Waals surface area contributed by atoms with Gasteiger partial charge in [-0.3, -0.25) is 4.79 Å². The van der Waals surface area contributed by atoms with Crippen molar-refractivity contribution in [1.82, 2.24) is 5.32 Å². The lowest BCUT2D eigenvalue weighted by Gasteiger charge is -2.20. The Hall–Kier alpha value is -1.72. The van der Waals surface area contributed by atoms with Crippen LogP contribution in [0, 0.1) is 5.82 Å². The van der Waals surface area contributed by atoms with Crippen LogP contribution in [0.1, 0.15) is 21.5 Å². The zero-order valence-corrected chi connectivity index (χ0v) is 12.8. The highest BCUT2D eigenvalue weighted by atomic mass is 79.9. The van der Waals surface area contributed by atoms with E-state index >= 15 is 0 Å². The SMILES string of the molecule is O=C(Nc1cc(F)ccc1Br)c1cccc2c1CCNC2. The highest BCUT2D eigenvalue weighted by Gasteiger charge is 2.18. The van der Waals surface area contributed by atoms with E-state index < -0.39 is 0 Å². The van der Waals surface area contributed by atoms with Crippen LogP contribution in [-0.2, 0) is 13.0 Å². The third-order valence-electron chi connectivity index (χ3n) is 3.56. The predicted octanol–water partition coefficient (Wildman–Crippen LogP) is 3.49. The Morgan fingerprint density at radius 2 is 2.14 bits per heavy atom. The Kier molecular flexibility index (Phi) is 4.03. The molecule has 2 aromatic carbocycles. The molecule has 3 nitrogen and oxygen atoms in total. The number of amides is 1. The van der Waals surface area contributed by atoms with Crippen molar-refractivity contribution >= 4 is 27.5 Å². The molecule has 0 saturated carbocycles. The van der Waals surface area contributed by atoms with Crippen LogP contribution in [0.25, 0.3) is 0 Å². The third-order valence-corrected chi connectivity index (χ3v) is 4.25. The summed E-state index contributed by atoms with van der Waals surface area (Å²) in [5.41, 5.74) is 3.31. The van der Waals surface area contributed by atoms with Crippen molar-refractivity contribution in [2.45, 2.75) is 13.0 Å². The van der Waals surface area contributed by atoms with E-state index in [0.717, 1.165) is 30.6 Å². The number of carbonyl (C=O) groups excluding carboxylic acids is 1. The molecule has 0 radical (unpaired) electrons. The summed E-state index contributed by atoms with van der Waals surface area (Å²) in [6.45, 7) is 1.64. The van der Waals surface area contributed by atoms with Gasteiger partial charge in [-0.1, -0.05) is 12.1 Å². The van der Waals surface area contributed by atoms with Gasteiger partial charge in [-0.05, 0) is 64.3 Å². The lowest BCUT2D eigenvalue weighted by atomic mass is 9.95. The van der Waals surface area contributed by atoms with Crippen LogP contribution in [0.3, 0.4) is 0 Å². The minimum absolute atomic E-state index is 0.208.